The van der Waals surface area contributed by atoms with Crippen molar-refractivity contribution in [3.63, 3.8) is 0 Å². The molecule has 0 aliphatic rings. The van der Waals surface area contributed by atoms with E-state index in [4.69, 9.17) is 5.73 Å². The number of hydrogen-bond acceptors (Lipinski definition) is 2. The van der Waals surface area contributed by atoms with Crippen molar-refractivity contribution in [2.75, 3.05) is 0 Å². The Labute approximate surface area is 161 Å². The van der Waals surface area contributed by atoms with Crippen molar-refractivity contribution in [3.05, 3.63) is 107 Å². The maximum atomic E-state index is 13.5. The van der Waals surface area contributed by atoms with Gasteiger partial charge in [0.15, 0.2) is 0 Å². The smallest absolute Gasteiger partial charge is 0.252 e. The summed E-state index contributed by atoms with van der Waals surface area (Å²) in [6, 6.07) is 19.5. The first-order valence-electron chi connectivity index (χ1n) is 8.62. The first kappa shape index (κ1) is 19.2. The van der Waals surface area contributed by atoms with Crippen LogP contribution in [-0.2, 0) is 4.79 Å². The van der Waals surface area contributed by atoms with Crippen molar-refractivity contribution in [3.8, 4) is 0 Å². The highest BCUT2D eigenvalue weighted by Gasteiger charge is 2.31. The Balaban J connectivity index is 2.00. The molecule has 4 nitrogen and oxygen atoms in total. The second-order valence-corrected chi connectivity index (χ2v) is 6.31. The van der Waals surface area contributed by atoms with Gasteiger partial charge in [-0.1, -0.05) is 60.7 Å². The van der Waals surface area contributed by atoms with Crippen molar-refractivity contribution < 1.29 is 18.4 Å². The van der Waals surface area contributed by atoms with Crippen LogP contribution in [0.2, 0.25) is 0 Å². The van der Waals surface area contributed by atoms with E-state index in [2.05, 4.69) is 5.32 Å². The van der Waals surface area contributed by atoms with E-state index >= 15 is 0 Å². The molecule has 0 fully saturated rings. The quantitative estimate of drug-likeness (QED) is 0.688. The fraction of sp³-hybridized carbons (Fsp3) is 0.0909. The third-order valence-corrected chi connectivity index (χ3v) is 4.37. The van der Waals surface area contributed by atoms with Crippen molar-refractivity contribution in [1.82, 2.24) is 5.32 Å². The molecular weight excluding hydrogens is 362 g/mol. The van der Waals surface area contributed by atoms with E-state index in [0.717, 1.165) is 23.3 Å². The highest BCUT2D eigenvalue weighted by atomic mass is 19.1. The second kappa shape index (κ2) is 8.43. The summed E-state index contributed by atoms with van der Waals surface area (Å²) in [7, 11) is 0. The van der Waals surface area contributed by atoms with Crippen LogP contribution in [0, 0.1) is 11.6 Å². The fourth-order valence-electron chi connectivity index (χ4n) is 3.13. The number of nitrogens with two attached hydrogens (primary N) is 1. The number of rotatable bonds is 6. The molecule has 6 heteroatoms. The number of carbonyl (C=O) groups is 2. The van der Waals surface area contributed by atoms with E-state index in [1.165, 1.54) is 0 Å². The Kier molecular flexibility index (Phi) is 5.79. The van der Waals surface area contributed by atoms with Crippen molar-refractivity contribution in [2.24, 2.45) is 5.73 Å². The first-order valence-corrected chi connectivity index (χ1v) is 8.62. The molecule has 0 unspecified atom stereocenters. The Bertz CT molecular complexity index is 919. The lowest BCUT2D eigenvalue weighted by atomic mass is 9.84. The monoisotopic (exact) mass is 380 g/mol. The minimum Gasteiger partial charge on any atom is -0.368 e. The standard InChI is InChI=1S/C22H18F2N2O2/c23-17-11-16(12-18(24)13-17)22(28)26-20(21(25)27)19(14-7-3-1-4-8-14)15-9-5-2-6-10-15/h1-13,19-20H,(H2,25,27)(H,26,28)/t20-/m0/s1. The zero-order valence-electron chi connectivity index (χ0n) is 14.8. The average molecular weight is 380 g/mol. The number of amides is 2. The van der Waals surface area contributed by atoms with Gasteiger partial charge in [0.05, 0.1) is 0 Å². The van der Waals surface area contributed by atoms with E-state index in [1.54, 1.807) is 0 Å². The summed E-state index contributed by atoms with van der Waals surface area (Å²) in [6.07, 6.45) is 0. The third-order valence-electron chi connectivity index (χ3n) is 4.37. The summed E-state index contributed by atoms with van der Waals surface area (Å²) in [6.45, 7) is 0. The molecule has 0 heterocycles. The number of benzene rings is 3. The van der Waals surface area contributed by atoms with Gasteiger partial charge in [0, 0.05) is 17.5 Å². The molecule has 3 aromatic carbocycles. The Morgan fingerprint density at radius 2 is 1.25 bits per heavy atom. The van der Waals surface area contributed by atoms with Gasteiger partial charge in [-0.25, -0.2) is 8.78 Å². The van der Waals surface area contributed by atoms with E-state index in [0.29, 0.717) is 6.07 Å². The maximum Gasteiger partial charge on any atom is 0.252 e. The zero-order chi connectivity index (χ0) is 20.1. The maximum absolute atomic E-state index is 13.5. The molecule has 0 radical (unpaired) electrons. The lowest BCUT2D eigenvalue weighted by Crippen LogP contribution is -2.48. The summed E-state index contributed by atoms with van der Waals surface area (Å²) in [5.74, 6) is -3.89. The molecule has 3 aromatic rings. The van der Waals surface area contributed by atoms with Gasteiger partial charge >= 0.3 is 0 Å². The van der Waals surface area contributed by atoms with Crippen molar-refractivity contribution >= 4 is 11.8 Å². The SMILES string of the molecule is NC(=O)[C@@H](NC(=O)c1cc(F)cc(F)c1)C(c1ccccc1)c1ccccc1. The van der Waals surface area contributed by atoms with E-state index in [-0.39, 0.29) is 5.56 Å². The lowest BCUT2D eigenvalue weighted by molar-refractivity contribution is -0.120. The van der Waals surface area contributed by atoms with Crippen molar-refractivity contribution in [2.45, 2.75) is 12.0 Å². The highest BCUT2D eigenvalue weighted by molar-refractivity contribution is 5.97. The molecule has 1 atom stereocenters. The summed E-state index contributed by atoms with van der Waals surface area (Å²) >= 11 is 0. The van der Waals surface area contributed by atoms with Gasteiger partial charge in [-0.15, -0.1) is 0 Å². The van der Waals surface area contributed by atoms with E-state index in [1.807, 2.05) is 60.7 Å². The topological polar surface area (TPSA) is 72.2 Å². The molecule has 142 valence electrons. The van der Waals surface area contributed by atoms with Crippen LogP contribution in [0.3, 0.4) is 0 Å². The predicted molar refractivity (Wildman–Crippen MR) is 102 cm³/mol. The van der Waals surface area contributed by atoms with Gasteiger partial charge in [-0.3, -0.25) is 9.59 Å². The number of primary amides is 1. The molecule has 28 heavy (non-hydrogen) atoms. The molecule has 0 spiro atoms. The lowest BCUT2D eigenvalue weighted by Gasteiger charge is -2.27. The molecule has 0 bridgehead atoms. The molecule has 2 amide bonds. The van der Waals surface area contributed by atoms with Gasteiger partial charge in [0.25, 0.3) is 5.91 Å². The summed E-state index contributed by atoms with van der Waals surface area (Å²) in [5.41, 5.74) is 6.90. The fourth-order valence-corrected chi connectivity index (χ4v) is 3.13. The summed E-state index contributed by atoms with van der Waals surface area (Å²) in [4.78, 5) is 24.8. The van der Waals surface area contributed by atoms with Crippen LogP contribution in [0.5, 0.6) is 0 Å². The molecule has 3 N–H and O–H groups in total. The van der Waals surface area contributed by atoms with Crippen molar-refractivity contribution in [1.29, 1.82) is 0 Å². The number of carbonyl (C=O) groups excluding carboxylic acids is 2. The minimum atomic E-state index is -1.12. The van der Waals surface area contributed by atoms with Crippen LogP contribution in [0.1, 0.15) is 27.4 Å². The molecular formula is C22H18F2N2O2. The summed E-state index contributed by atoms with van der Waals surface area (Å²) in [5, 5.41) is 2.54. The summed E-state index contributed by atoms with van der Waals surface area (Å²) < 4.78 is 26.9. The van der Waals surface area contributed by atoms with Gasteiger partial charge in [0.2, 0.25) is 5.91 Å². The van der Waals surface area contributed by atoms with Gasteiger partial charge in [0.1, 0.15) is 17.7 Å². The highest BCUT2D eigenvalue weighted by Crippen LogP contribution is 2.28. The Hall–Kier alpha value is -3.54. The van der Waals surface area contributed by atoms with E-state index < -0.39 is 35.4 Å². The van der Waals surface area contributed by atoms with Gasteiger partial charge < -0.3 is 11.1 Å². The van der Waals surface area contributed by atoms with E-state index in [9.17, 15) is 18.4 Å². The average Bonchev–Trinajstić information content (AvgIpc) is 2.68. The van der Waals surface area contributed by atoms with Crippen LogP contribution in [0.25, 0.3) is 0 Å². The molecule has 0 saturated heterocycles. The minimum absolute atomic E-state index is 0.233. The van der Waals surface area contributed by atoms with Crippen LogP contribution in [0.15, 0.2) is 78.9 Å². The molecule has 0 aliphatic carbocycles. The van der Waals surface area contributed by atoms with Crippen LogP contribution < -0.4 is 11.1 Å². The predicted octanol–water partition coefficient (Wildman–Crippen LogP) is 3.38. The second-order valence-electron chi connectivity index (χ2n) is 6.31. The Morgan fingerprint density at radius 1 is 0.786 bits per heavy atom. The normalized spacial score (nSPS) is 11.8. The molecule has 0 saturated carbocycles. The van der Waals surface area contributed by atoms with Crippen LogP contribution in [0.4, 0.5) is 8.78 Å². The molecule has 0 aromatic heterocycles. The number of hydrogen-bond donors (Lipinski definition) is 2. The van der Waals surface area contributed by atoms with Crippen LogP contribution >= 0.6 is 0 Å². The van der Waals surface area contributed by atoms with Gasteiger partial charge in [-0.05, 0) is 23.3 Å². The van der Waals surface area contributed by atoms with Crippen LogP contribution in [-0.4, -0.2) is 17.9 Å². The Morgan fingerprint density at radius 3 is 1.68 bits per heavy atom. The zero-order valence-corrected chi connectivity index (χ0v) is 14.8. The first-order chi connectivity index (χ1) is 13.5. The number of halogens is 2. The largest absolute Gasteiger partial charge is 0.368 e. The molecule has 3 rings (SSSR count). The third kappa shape index (κ3) is 4.40. The van der Waals surface area contributed by atoms with Gasteiger partial charge in [-0.2, -0.15) is 0 Å². The number of nitrogens with one attached hydrogen (secondary N) is 1. The molecule has 0 aliphatic heterocycles.